The molecule has 3 rings (SSSR count). The van der Waals surface area contributed by atoms with E-state index >= 15 is 0 Å². The Hall–Kier alpha value is -1.55. The van der Waals surface area contributed by atoms with Gasteiger partial charge in [0.1, 0.15) is 0 Å². The van der Waals surface area contributed by atoms with E-state index < -0.39 is 4.92 Å². The van der Waals surface area contributed by atoms with E-state index in [-0.39, 0.29) is 5.69 Å². The van der Waals surface area contributed by atoms with Crippen molar-refractivity contribution in [3.8, 4) is 0 Å². The number of hydrogen-bond acceptors (Lipinski definition) is 2. The van der Waals surface area contributed by atoms with Gasteiger partial charge in [-0.25, -0.2) is 0 Å². The Kier molecular flexibility index (Phi) is 2.33. The number of aryl methyl sites for hydroxylation is 2. The lowest BCUT2D eigenvalue weighted by Crippen LogP contribution is -2.00. The lowest BCUT2D eigenvalue weighted by molar-refractivity contribution is -0.384. The minimum Gasteiger partial charge on any atom is -0.357 e. The van der Waals surface area contributed by atoms with Crippen molar-refractivity contribution < 1.29 is 4.92 Å². The first-order valence-electron chi connectivity index (χ1n) is 5.64. The van der Waals surface area contributed by atoms with E-state index in [1.54, 1.807) is 6.07 Å². The van der Waals surface area contributed by atoms with Gasteiger partial charge in [-0.3, -0.25) is 10.1 Å². The molecule has 17 heavy (non-hydrogen) atoms. The number of nitro groups is 1. The average molecular weight is 251 g/mol. The minimum absolute atomic E-state index is 0.0647. The number of rotatable bonds is 1. The fourth-order valence-corrected chi connectivity index (χ4v) is 2.82. The summed E-state index contributed by atoms with van der Waals surface area (Å²) < 4.78 is 0. The van der Waals surface area contributed by atoms with E-state index in [0.29, 0.717) is 5.02 Å². The number of nitrogens with zero attached hydrogens (tertiary/aromatic N) is 1. The number of hydrogen-bond donors (Lipinski definition) is 1. The molecule has 1 aliphatic carbocycles. The smallest absolute Gasteiger partial charge is 0.271 e. The summed E-state index contributed by atoms with van der Waals surface area (Å²) in [5, 5.41) is 12.2. The maximum atomic E-state index is 10.8. The van der Waals surface area contributed by atoms with E-state index in [9.17, 15) is 10.1 Å². The molecule has 0 atom stereocenters. The fraction of sp³-hybridized carbons (Fsp3) is 0.333. The van der Waals surface area contributed by atoms with Gasteiger partial charge in [0.2, 0.25) is 0 Å². The molecule has 0 radical (unpaired) electrons. The van der Waals surface area contributed by atoms with Crippen LogP contribution in [0.25, 0.3) is 10.9 Å². The van der Waals surface area contributed by atoms with Gasteiger partial charge in [0.25, 0.3) is 5.69 Å². The van der Waals surface area contributed by atoms with Crippen LogP contribution in [0.4, 0.5) is 5.69 Å². The van der Waals surface area contributed by atoms with Crippen molar-refractivity contribution in [1.29, 1.82) is 0 Å². The van der Waals surface area contributed by atoms with Gasteiger partial charge in [-0.2, -0.15) is 0 Å². The van der Waals surface area contributed by atoms with Crippen molar-refractivity contribution in [2.75, 3.05) is 0 Å². The first-order chi connectivity index (χ1) is 8.16. The van der Waals surface area contributed by atoms with Crippen LogP contribution in [0.1, 0.15) is 24.1 Å². The lowest BCUT2D eigenvalue weighted by atomic mass is 9.95. The van der Waals surface area contributed by atoms with E-state index in [2.05, 4.69) is 4.98 Å². The van der Waals surface area contributed by atoms with Gasteiger partial charge in [0, 0.05) is 23.2 Å². The highest BCUT2D eigenvalue weighted by Crippen LogP contribution is 2.35. The number of fused-ring (bicyclic) bond motifs is 3. The average Bonchev–Trinajstić information content (AvgIpc) is 2.68. The Bertz CT molecular complexity index is 618. The molecule has 0 spiro atoms. The van der Waals surface area contributed by atoms with Gasteiger partial charge >= 0.3 is 0 Å². The van der Waals surface area contributed by atoms with E-state index in [1.165, 1.54) is 23.7 Å². The summed E-state index contributed by atoms with van der Waals surface area (Å²) in [7, 11) is 0. The molecule has 1 N–H and O–H groups in total. The topological polar surface area (TPSA) is 58.9 Å². The summed E-state index contributed by atoms with van der Waals surface area (Å²) in [6, 6.07) is 3.04. The molecule has 88 valence electrons. The van der Waals surface area contributed by atoms with Crippen molar-refractivity contribution in [2.45, 2.75) is 25.7 Å². The first-order valence-corrected chi connectivity index (χ1v) is 6.02. The molecule has 4 nitrogen and oxygen atoms in total. The molecule has 0 amide bonds. The van der Waals surface area contributed by atoms with Crippen molar-refractivity contribution in [2.24, 2.45) is 0 Å². The van der Waals surface area contributed by atoms with Crippen molar-refractivity contribution >= 4 is 28.2 Å². The van der Waals surface area contributed by atoms with E-state index in [1.807, 2.05) is 0 Å². The molecule has 0 unspecified atom stereocenters. The zero-order chi connectivity index (χ0) is 12.0. The Morgan fingerprint density at radius 2 is 2.06 bits per heavy atom. The SMILES string of the molecule is O=[N+]([O-])c1cc(Cl)c2[nH]c3c(c2c1)CCCC3. The number of H-pyrrole nitrogens is 1. The highest BCUT2D eigenvalue weighted by Gasteiger charge is 2.19. The second-order valence-corrected chi connectivity index (χ2v) is 4.80. The van der Waals surface area contributed by atoms with E-state index in [4.69, 9.17) is 11.6 Å². The standard InChI is InChI=1S/C12H11ClN2O2/c13-10-6-7(15(16)17)5-9-8-3-1-2-4-11(8)14-12(9)10/h5-6,14H,1-4H2. The molecule has 1 heterocycles. The Morgan fingerprint density at radius 1 is 1.29 bits per heavy atom. The maximum absolute atomic E-state index is 10.8. The molecule has 0 saturated carbocycles. The quantitative estimate of drug-likeness (QED) is 0.621. The summed E-state index contributed by atoms with van der Waals surface area (Å²) in [4.78, 5) is 13.7. The summed E-state index contributed by atoms with van der Waals surface area (Å²) in [6.45, 7) is 0. The van der Waals surface area contributed by atoms with E-state index in [0.717, 1.165) is 30.2 Å². The van der Waals surface area contributed by atoms with Crippen LogP contribution < -0.4 is 0 Å². The number of non-ortho nitro benzene ring substituents is 1. The van der Waals surface area contributed by atoms with Crippen LogP contribution in [0.15, 0.2) is 12.1 Å². The summed E-state index contributed by atoms with van der Waals surface area (Å²) >= 11 is 6.09. The molecule has 1 aromatic carbocycles. The first kappa shape index (κ1) is 10.6. The van der Waals surface area contributed by atoms with Crippen LogP contribution in [0.5, 0.6) is 0 Å². The van der Waals surface area contributed by atoms with Crippen LogP contribution >= 0.6 is 11.6 Å². The summed E-state index contributed by atoms with van der Waals surface area (Å²) in [5.74, 6) is 0. The van der Waals surface area contributed by atoms with Crippen LogP contribution in [-0.2, 0) is 12.8 Å². The second-order valence-electron chi connectivity index (χ2n) is 4.40. The molecule has 0 bridgehead atoms. The highest BCUT2D eigenvalue weighted by molar-refractivity contribution is 6.35. The molecular weight excluding hydrogens is 240 g/mol. The highest BCUT2D eigenvalue weighted by atomic mass is 35.5. The third-order valence-corrected chi connectivity index (χ3v) is 3.65. The van der Waals surface area contributed by atoms with Crippen LogP contribution in [-0.4, -0.2) is 9.91 Å². The van der Waals surface area contributed by atoms with Gasteiger partial charge in [0.05, 0.1) is 15.5 Å². The number of aromatic nitrogens is 1. The number of nitrogens with one attached hydrogen (secondary N) is 1. The lowest BCUT2D eigenvalue weighted by Gasteiger charge is -2.10. The van der Waals surface area contributed by atoms with Crippen molar-refractivity contribution in [3.05, 3.63) is 38.5 Å². The van der Waals surface area contributed by atoms with Gasteiger partial charge in [-0.05, 0) is 31.2 Å². The van der Waals surface area contributed by atoms with Crippen LogP contribution in [0.3, 0.4) is 0 Å². The molecule has 1 aliphatic rings. The second kappa shape index (κ2) is 3.74. The molecule has 0 saturated heterocycles. The molecule has 1 aromatic heterocycles. The van der Waals surface area contributed by atoms with Gasteiger partial charge < -0.3 is 4.98 Å². The monoisotopic (exact) mass is 250 g/mol. The van der Waals surface area contributed by atoms with Crippen molar-refractivity contribution in [3.63, 3.8) is 0 Å². The van der Waals surface area contributed by atoms with Gasteiger partial charge in [-0.15, -0.1) is 0 Å². The number of aromatic amines is 1. The molecular formula is C12H11ClN2O2. The predicted octanol–water partition coefficient (Wildman–Crippen LogP) is 3.61. The van der Waals surface area contributed by atoms with Gasteiger partial charge in [-0.1, -0.05) is 11.6 Å². The third kappa shape index (κ3) is 1.60. The number of nitro benzene ring substituents is 1. The molecule has 0 aliphatic heterocycles. The zero-order valence-corrected chi connectivity index (χ0v) is 9.88. The van der Waals surface area contributed by atoms with Gasteiger partial charge in [0.15, 0.2) is 0 Å². The van der Waals surface area contributed by atoms with Crippen LogP contribution in [0.2, 0.25) is 5.02 Å². The number of halogens is 1. The maximum Gasteiger partial charge on any atom is 0.271 e. The third-order valence-electron chi connectivity index (χ3n) is 3.35. The predicted molar refractivity (Wildman–Crippen MR) is 66.6 cm³/mol. The Labute approximate surface area is 103 Å². The minimum atomic E-state index is -0.395. The van der Waals surface area contributed by atoms with Crippen LogP contribution in [0, 0.1) is 10.1 Å². The molecule has 5 heteroatoms. The number of benzene rings is 1. The Balaban J connectivity index is 2.32. The fourth-order valence-electron chi connectivity index (χ4n) is 2.55. The largest absolute Gasteiger partial charge is 0.357 e. The zero-order valence-electron chi connectivity index (χ0n) is 9.12. The normalized spacial score (nSPS) is 14.9. The molecule has 0 fully saturated rings. The summed E-state index contributed by atoms with van der Waals surface area (Å²) in [6.07, 6.45) is 4.29. The molecule has 2 aromatic rings. The summed E-state index contributed by atoms with van der Waals surface area (Å²) in [5.41, 5.74) is 3.30. The Morgan fingerprint density at radius 3 is 2.82 bits per heavy atom. The van der Waals surface area contributed by atoms with Crippen molar-refractivity contribution in [1.82, 2.24) is 4.98 Å².